The second-order valence-corrected chi connectivity index (χ2v) is 7.39. The Morgan fingerprint density at radius 3 is 2.43 bits per heavy atom. The monoisotopic (exact) mass is 407 g/mol. The third kappa shape index (κ3) is 4.13. The van der Waals surface area contributed by atoms with Crippen molar-refractivity contribution in [1.82, 2.24) is 19.6 Å². The Hall–Kier alpha value is -3.39. The first-order chi connectivity index (χ1) is 14.5. The Kier molecular flexibility index (Phi) is 5.67. The first-order valence-corrected chi connectivity index (χ1v) is 9.99. The number of hydrogen-bond donors (Lipinski definition) is 1. The summed E-state index contributed by atoms with van der Waals surface area (Å²) in [6.45, 7) is 6.52. The summed E-state index contributed by atoms with van der Waals surface area (Å²) >= 11 is 0. The number of carbonyl (C=O) groups is 2. The fourth-order valence-corrected chi connectivity index (χ4v) is 3.69. The molecule has 3 heterocycles. The molecule has 1 saturated heterocycles. The lowest BCUT2D eigenvalue weighted by Crippen LogP contribution is -2.50. The topological polar surface area (TPSA) is 83.6 Å². The largest absolute Gasteiger partial charge is 0.459 e. The fraction of sp³-hybridized carbons (Fsp3) is 0.318. The molecule has 156 valence electrons. The maximum absolute atomic E-state index is 12.6. The van der Waals surface area contributed by atoms with Crippen molar-refractivity contribution in [3.63, 3.8) is 0 Å². The van der Waals surface area contributed by atoms with Gasteiger partial charge < -0.3 is 14.6 Å². The van der Waals surface area contributed by atoms with E-state index in [-0.39, 0.29) is 18.4 Å². The van der Waals surface area contributed by atoms with Gasteiger partial charge in [0.1, 0.15) is 0 Å². The molecule has 0 saturated carbocycles. The molecule has 0 spiro atoms. The summed E-state index contributed by atoms with van der Waals surface area (Å²) in [5.41, 5.74) is 3.37. The lowest BCUT2D eigenvalue weighted by atomic mass is 10.2. The van der Waals surface area contributed by atoms with Gasteiger partial charge in [-0.2, -0.15) is 5.10 Å². The van der Waals surface area contributed by atoms with Gasteiger partial charge in [-0.25, -0.2) is 4.68 Å². The normalized spacial score (nSPS) is 14.7. The van der Waals surface area contributed by atoms with E-state index in [1.54, 1.807) is 17.0 Å². The van der Waals surface area contributed by atoms with Crippen LogP contribution in [-0.2, 0) is 4.79 Å². The number of rotatable bonds is 5. The van der Waals surface area contributed by atoms with Crippen molar-refractivity contribution in [2.45, 2.75) is 13.8 Å². The standard InChI is InChI=1S/C22H25N5O3/c1-16-21(17(2)27(24-16)18-7-4-3-5-8-18)23-20(28)15-25-10-12-26(13-11-25)22(29)19-9-6-14-30-19/h3-9,14H,10-13,15H2,1-2H3,(H,23,28). The summed E-state index contributed by atoms with van der Waals surface area (Å²) in [6, 6.07) is 13.2. The van der Waals surface area contributed by atoms with Crippen LogP contribution < -0.4 is 5.32 Å². The van der Waals surface area contributed by atoms with Crippen LogP contribution in [0.25, 0.3) is 5.69 Å². The average molecular weight is 407 g/mol. The van der Waals surface area contributed by atoms with Crippen LogP contribution in [0.4, 0.5) is 5.69 Å². The Labute approximate surface area is 175 Å². The van der Waals surface area contributed by atoms with Gasteiger partial charge in [-0.3, -0.25) is 14.5 Å². The van der Waals surface area contributed by atoms with Crippen molar-refractivity contribution >= 4 is 17.5 Å². The zero-order valence-corrected chi connectivity index (χ0v) is 17.2. The molecule has 0 aliphatic carbocycles. The summed E-state index contributed by atoms with van der Waals surface area (Å²) in [5, 5.41) is 7.58. The van der Waals surface area contributed by atoms with E-state index in [1.165, 1.54) is 6.26 Å². The molecule has 1 aromatic carbocycles. The molecule has 1 fully saturated rings. The second kappa shape index (κ2) is 8.54. The molecule has 1 aliphatic rings. The Balaban J connectivity index is 1.34. The Bertz CT molecular complexity index is 1020. The molecule has 0 radical (unpaired) electrons. The van der Waals surface area contributed by atoms with E-state index in [4.69, 9.17) is 4.42 Å². The van der Waals surface area contributed by atoms with Crippen LogP contribution in [0, 0.1) is 13.8 Å². The number of para-hydroxylation sites is 1. The number of nitrogens with zero attached hydrogens (tertiary/aromatic N) is 4. The molecule has 0 bridgehead atoms. The first kappa shape index (κ1) is 19.9. The fourth-order valence-electron chi connectivity index (χ4n) is 3.69. The number of benzene rings is 1. The minimum atomic E-state index is -0.108. The van der Waals surface area contributed by atoms with E-state index in [9.17, 15) is 9.59 Å². The van der Waals surface area contributed by atoms with Crippen LogP contribution in [0.3, 0.4) is 0 Å². The SMILES string of the molecule is Cc1nn(-c2ccccc2)c(C)c1NC(=O)CN1CCN(C(=O)c2ccco2)CC1. The van der Waals surface area contributed by atoms with Crippen LogP contribution in [0.15, 0.2) is 53.1 Å². The minimum Gasteiger partial charge on any atom is -0.459 e. The number of piperazine rings is 1. The number of amides is 2. The van der Waals surface area contributed by atoms with Gasteiger partial charge in [0.15, 0.2) is 5.76 Å². The molecular formula is C22H25N5O3. The van der Waals surface area contributed by atoms with Gasteiger partial charge in [-0.1, -0.05) is 18.2 Å². The molecule has 3 aromatic rings. The van der Waals surface area contributed by atoms with Gasteiger partial charge in [-0.15, -0.1) is 0 Å². The summed E-state index contributed by atoms with van der Waals surface area (Å²) in [4.78, 5) is 28.8. The van der Waals surface area contributed by atoms with Crippen molar-refractivity contribution in [3.8, 4) is 5.69 Å². The quantitative estimate of drug-likeness (QED) is 0.703. The highest BCUT2D eigenvalue weighted by atomic mass is 16.3. The summed E-state index contributed by atoms with van der Waals surface area (Å²) in [5.74, 6) is 0.158. The average Bonchev–Trinajstić information content (AvgIpc) is 3.39. The number of aryl methyl sites for hydroxylation is 1. The van der Waals surface area contributed by atoms with Crippen LogP contribution in [0.1, 0.15) is 21.9 Å². The zero-order valence-electron chi connectivity index (χ0n) is 17.2. The lowest BCUT2D eigenvalue weighted by Gasteiger charge is -2.33. The highest BCUT2D eigenvalue weighted by Gasteiger charge is 2.25. The van der Waals surface area contributed by atoms with E-state index in [0.717, 1.165) is 22.8 Å². The van der Waals surface area contributed by atoms with E-state index in [1.807, 2.05) is 53.8 Å². The van der Waals surface area contributed by atoms with Crippen molar-refractivity contribution in [3.05, 3.63) is 65.9 Å². The molecule has 0 unspecified atom stereocenters. The summed E-state index contributed by atoms with van der Waals surface area (Å²) in [7, 11) is 0. The van der Waals surface area contributed by atoms with Crippen LogP contribution in [-0.4, -0.2) is 64.1 Å². The van der Waals surface area contributed by atoms with Gasteiger partial charge in [0, 0.05) is 26.2 Å². The van der Waals surface area contributed by atoms with Gasteiger partial charge in [-0.05, 0) is 38.1 Å². The highest BCUT2D eigenvalue weighted by molar-refractivity contribution is 5.93. The minimum absolute atomic E-state index is 0.0837. The molecular weight excluding hydrogens is 382 g/mol. The number of aromatic nitrogens is 2. The predicted molar refractivity (Wildman–Crippen MR) is 113 cm³/mol. The van der Waals surface area contributed by atoms with Gasteiger partial charge >= 0.3 is 0 Å². The summed E-state index contributed by atoms with van der Waals surface area (Å²) < 4.78 is 7.02. The lowest BCUT2D eigenvalue weighted by molar-refractivity contribution is -0.117. The second-order valence-electron chi connectivity index (χ2n) is 7.39. The molecule has 2 amide bonds. The maximum Gasteiger partial charge on any atom is 0.289 e. The van der Waals surface area contributed by atoms with Crippen LogP contribution in [0.2, 0.25) is 0 Å². The van der Waals surface area contributed by atoms with Crippen LogP contribution >= 0.6 is 0 Å². The first-order valence-electron chi connectivity index (χ1n) is 9.99. The Morgan fingerprint density at radius 2 is 1.77 bits per heavy atom. The van der Waals surface area contributed by atoms with Gasteiger partial charge in [0.25, 0.3) is 5.91 Å². The molecule has 30 heavy (non-hydrogen) atoms. The number of carbonyl (C=O) groups excluding carboxylic acids is 2. The Morgan fingerprint density at radius 1 is 1.03 bits per heavy atom. The molecule has 4 rings (SSSR count). The smallest absolute Gasteiger partial charge is 0.289 e. The van der Waals surface area contributed by atoms with Crippen LogP contribution in [0.5, 0.6) is 0 Å². The van der Waals surface area contributed by atoms with E-state index >= 15 is 0 Å². The zero-order chi connectivity index (χ0) is 21.1. The number of furan rings is 1. The van der Waals surface area contributed by atoms with Gasteiger partial charge in [0.05, 0.1) is 35.6 Å². The number of hydrogen-bond acceptors (Lipinski definition) is 5. The number of nitrogens with one attached hydrogen (secondary N) is 1. The summed E-state index contributed by atoms with van der Waals surface area (Å²) in [6.07, 6.45) is 1.50. The third-order valence-corrected chi connectivity index (χ3v) is 5.32. The van der Waals surface area contributed by atoms with Crippen molar-refractivity contribution in [1.29, 1.82) is 0 Å². The van der Waals surface area contributed by atoms with E-state index < -0.39 is 0 Å². The molecule has 8 nitrogen and oxygen atoms in total. The molecule has 1 N–H and O–H groups in total. The molecule has 0 atom stereocenters. The maximum atomic E-state index is 12.6. The highest BCUT2D eigenvalue weighted by Crippen LogP contribution is 2.22. The van der Waals surface area contributed by atoms with Gasteiger partial charge in [0.2, 0.25) is 5.91 Å². The molecule has 2 aromatic heterocycles. The number of anilines is 1. The third-order valence-electron chi connectivity index (χ3n) is 5.32. The molecule has 1 aliphatic heterocycles. The van der Waals surface area contributed by atoms with Crippen molar-refractivity contribution in [2.75, 3.05) is 38.0 Å². The predicted octanol–water partition coefficient (Wildman–Crippen LogP) is 2.48. The van der Waals surface area contributed by atoms with Crippen molar-refractivity contribution < 1.29 is 14.0 Å². The van der Waals surface area contributed by atoms with Crippen molar-refractivity contribution in [2.24, 2.45) is 0 Å². The molecule has 8 heteroatoms. The van der Waals surface area contributed by atoms with E-state index in [2.05, 4.69) is 10.4 Å². The van der Waals surface area contributed by atoms with E-state index in [0.29, 0.717) is 31.9 Å².